The fraction of sp³-hybridized carbons (Fsp3) is 0.200. The maximum Gasteiger partial charge on any atom is 1.00 e. The Morgan fingerprint density at radius 2 is 1.43 bits per heavy atom. The number of amides is 2. The number of ether oxygens (including phenoxy) is 2. The van der Waals surface area contributed by atoms with Crippen molar-refractivity contribution in [3.63, 3.8) is 0 Å². The van der Waals surface area contributed by atoms with E-state index in [0.29, 0.717) is 5.82 Å². The Labute approximate surface area is 222 Å². The van der Waals surface area contributed by atoms with Gasteiger partial charge in [-0.15, -0.1) is 10.2 Å². The maximum absolute atomic E-state index is 11.3. The molecule has 15 heteroatoms. The summed E-state index contributed by atoms with van der Waals surface area (Å²) in [5.41, 5.74) is 15.3. The number of alkyl carbamates (subject to hydrolysis) is 2. The van der Waals surface area contributed by atoms with E-state index in [4.69, 9.17) is 25.8 Å². The van der Waals surface area contributed by atoms with Gasteiger partial charge in [-0.3, -0.25) is 4.91 Å². The van der Waals surface area contributed by atoms with Crippen LogP contribution in [0, 0.1) is 11.3 Å². The quantitative estimate of drug-likeness (QED) is 0.134. The van der Waals surface area contributed by atoms with Crippen molar-refractivity contribution in [1.29, 1.82) is 5.26 Å². The van der Waals surface area contributed by atoms with Gasteiger partial charge in [0.1, 0.15) is 19.8 Å². The van der Waals surface area contributed by atoms with Gasteiger partial charge >= 0.3 is 41.7 Å². The minimum absolute atomic E-state index is 0. The molecule has 0 fully saturated rings. The molecular weight excluding hydrogens is 467 g/mol. The maximum atomic E-state index is 11.3. The summed E-state index contributed by atoms with van der Waals surface area (Å²) in [6, 6.07) is 20.6. The Morgan fingerprint density at radius 1 is 0.943 bits per heavy atom. The zero-order valence-electron chi connectivity index (χ0n) is 18.9. The Bertz CT molecular complexity index is 1040. The van der Waals surface area contributed by atoms with Crippen LogP contribution >= 0.6 is 0 Å². The monoisotopic (exact) mass is 488 g/mol. The second-order valence-corrected chi connectivity index (χ2v) is 5.91. The van der Waals surface area contributed by atoms with E-state index < -0.39 is 12.2 Å². The van der Waals surface area contributed by atoms with Crippen LogP contribution in [-0.2, 0) is 29.2 Å². The van der Waals surface area contributed by atoms with Gasteiger partial charge in [-0.1, -0.05) is 65.9 Å². The first-order valence-corrected chi connectivity index (χ1v) is 9.55. The normalized spacial score (nSPS) is 8.54. The third kappa shape index (κ3) is 16.2. The minimum atomic E-state index is -0.574. The number of benzene rings is 2. The van der Waals surface area contributed by atoms with Crippen LogP contribution in [0.25, 0.3) is 16.0 Å². The van der Waals surface area contributed by atoms with E-state index in [1.54, 1.807) is 6.07 Å². The molecule has 0 atom stereocenters. The van der Waals surface area contributed by atoms with Crippen molar-refractivity contribution in [2.75, 3.05) is 6.54 Å². The molecule has 0 aliphatic heterocycles. The molecule has 0 aliphatic rings. The Kier molecular flexibility index (Phi) is 18.0. The van der Waals surface area contributed by atoms with Gasteiger partial charge < -0.3 is 31.2 Å². The first-order valence-electron chi connectivity index (χ1n) is 9.55. The van der Waals surface area contributed by atoms with Gasteiger partial charge in [-0.25, -0.2) is 9.59 Å². The third-order valence-electron chi connectivity index (χ3n) is 3.52. The van der Waals surface area contributed by atoms with Gasteiger partial charge in [0.25, 0.3) is 0 Å². The Hall–Kier alpha value is -4.15. The molecule has 2 amide bonds. The molecule has 1 aromatic heterocycles. The summed E-state index contributed by atoms with van der Waals surface area (Å²) in [5.74, 6) is 0.404. The smallest absolute Gasteiger partial charge is 0.445 e. The predicted octanol–water partition coefficient (Wildman–Crippen LogP) is -0.0674. The average Bonchev–Trinajstić information content (AvgIpc) is 3.40. The molecule has 3 aromatic rings. The van der Waals surface area contributed by atoms with Crippen molar-refractivity contribution in [3.05, 3.63) is 93.6 Å². The van der Waals surface area contributed by atoms with Gasteiger partial charge in [-0.2, -0.15) is 10.5 Å². The molecule has 176 valence electrons. The topological polar surface area (TPSA) is 214 Å². The standard InChI is InChI=1S/C10H11N5O2.C10H10N2O2.N3.Na/c16-10(11-6-9-12-14-15-13-9)17-7-8-4-2-1-3-5-8;11-6-7-12-10(13)14-8-9-4-2-1-3-5-9;1-3-2;/h1-5H,6-7H2,(H,11,16)(H,12,13,14,15);1-5H,7-8H2,(H,12,13);;/q;;-1;+1. The second kappa shape index (κ2) is 20.5. The summed E-state index contributed by atoms with van der Waals surface area (Å²) in [5, 5.41) is 26.0. The number of hydrogen-bond acceptors (Lipinski definition) is 8. The number of hydrogen-bond donors (Lipinski definition) is 3. The van der Waals surface area contributed by atoms with Gasteiger partial charge in [0.15, 0.2) is 5.82 Å². The number of aromatic amines is 1. The van der Waals surface area contributed by atoms with E-state index >= 15 is 0 Å². The number of tetrazole rings is 1. The van der Waals surface area contributed by atoms with Crippen molar-refractivity contribution >= 4 is 12.2 Å². The first kappa shape index (κ1) is 30.9. The van der Waals surface area contributed by atoms with Crippen LogP contribution in [0.2, 0.25) is 0 Å². The van der Waals surface area contributed by atoms with Crippen molar-refractivity contribution in [2.24, 2.45) is 0 Å². The van der Waals surface area contributed by atoms with Crippen molar-refractivity contribution in [3.8, 4) is 6.07 Å². The van der Waals surface area contributed by atoms with Crippen LogP contribution in [0.5, 0.6) is 0 Å². The van der Waals surface area contributed by atoms with E-state index in [9.17, 15) is 9.59 Å². The number of H-pyrrole nitrogens is 1. The molecule has 3 N–H and O–H groups in total. The molecular formula is C20H21N10NaO4. The van der Waals surface area contributed by atoms with Gasteiger partial charge in [0.2, 0.25) is 0 Å². The van der Waals surface area contributed by atoms with E-state index in [-0.39, 0.29) is 55.9 Å². The first-order chi connectivity index (χ1) is 16.6. The number of nitrogens with zero attached hydrogens (tertiary/aromatic N) is 7. The molecule has 0 aliphatic carbocycles. The van der Waals surface area contributed by atoms with E-state index in [1.807, 2.05) is 60.7 Å². The van der Waals surface area contributed by atoms with Crippen molar-refractivity contribution in [1.82, 2.24) is 31.3 Å². The zero-order chi connectivity index (χ0) is 24.9. The Morgan fingerprint density at radius 3 is 1.86 bits per heavy atom. The van der Waals surface area contributed by atoms with Crippen molar-refractivity contribution < 1.29 is 48.6 Å². The van der Waals surface area contributed by atoms with Gasteiger partial charge in [0, 0.05) is 0 Å². The molecule has 14 nitrogen and oxygen atoms in total. The largest absolute Gasteiger partial charge is 1.00 e. The van der Waals surface area contributed by atoms with Crippen LogP contribution in [0.4, 0.5) is 9.59 Å². The number of carbonyl (C=O) groups is 2. The minimum Gasteiger partial charge on any atom is -0.445 e. The molecule has 0 saturated carbocycles. The van der Waals surface area contributed by atoms with Crippen LogP contribution < -0.4 is 40.2 Å². The zero-order valence-corrected chi connectivity index (χ0v) is 20.9. The fourth-order valence-corrected chi connectivity index (χ4v) is 2.07. The number of aromatic nitrogens is 4. The molecule has 0 saturated heterocycles. The molecule has 3 rings (SSSR count). The third-order valence-corrected chi connectivity index (χ3v) is 3.52. The van der Waals surface area contributed by atoms with Crippen LogP contribution in [-0.4, -0.2) is 39.4 Å². The summed E-state index contributed by atoms with van der Waals surface area (Å²) in [6.07, 6.45) is -1.09. The number of nitrogens with one attached hydrogen (secondary N) is 3. The average molecular weight is 488 g/mol. The molecule has 0 radical (unpaired) electrons. The van der Waals surface area contributed by atoms with Crippen LogP contribution in [0.15, 0.2) is 60.7 Å². The molecule has 2 aromatic carbocycles. The summed E-state index contributed by atoms with van der Waals surface area (Å²) in [6.45, 7) is 0.606. The number of nitriles is 1. The fourth-order valence-electron chi connectivity index (χ4n) is 2.07. The summed E-state index contributed by atoms with van der Waals surface area (Å²) in [4.78, 5) is 23.7. The second-order valence-electron chi connectivity index (χ2n) is 5.91. The Balaban J connectivity index is 0.000000588. The van der Waals surface area contributed by atoms with E-state index in [0.717, 1.165) is 11.1 Å². The van der Waals surface area contributed by atoms with Gasteiger partial charge in [-0.05, 0) is 11.1 Å². The number of rotatable bonds is 7. The van der Waals surface area contributed by atoms with Crippen LogP contribution in [0.3, 0.4) is 0 Å². The summed E-state index contributed by atoms with van der Waals surface area (Å²) < 4.78 is 9.82. The summed E-state index contributed by atoms with van der Waals surface area (Å²) in [7, 11) is 0. The SMILES string of the molecule is N#CCNC(=O)OCc1ccccc1.O=C(NCc1nn[nH]n1)OCc1ccccc1.[N-]=[N+]=[N-].[Na+]. The molecule has 0 spiro atoms. The molecule has 0 unspecified atom stereocenters. The molecule has 0 bridgehead atoms. The predicted molar refractivity (Wildman–Crippen MR) is 118 cm³/mol. The van der Waals surface area contributed by atoms with E-state index in [1.165, 1.54) is 4.91 Å². The van der Waals surface area contributed by atoms with Crippen LogP contribution in [0.1, 0.15) is 17.0 Å². The van der Waals surface area contributed by atoms with Gasteiger partial charge in [0.05, 0.1) is 12.6 Å². The summed E-state index contributed by atoms with van der Waals surface area (Å²) >= 11 is 0. The van der Waals surface area contributed by atoms with Crippen molar-refractivity contribution in [2.45, 2.75) is 19.8 Å². The number of carbonyl (C=O) groups excluding carboxylic acids is 2. The molecule has 35 heavy (non-hydrogen) atoms. The molecule has 1 heterocycles. The van der Waals surface area contributed by atoms with E-state index in [2.05, 4.69) is 31.3 Å².